The third-order valence-electron chi connectivity index (χ3n) is 7.86. The standard InChI is InChI=1S/C29H35N5O5/c1-17(2)16-29(28(38)39)23-22(26(36)33(27(23)37)14-12-18-6-4-3-5-7-18)24(34(29)15-13-21(30)35)19-8-10-20(11-9-19)25(31)32/h3-11,17,22-24H,12-16H2,1-2H3,(H2,30,35)(H3,31,32)(H,38,39). The number of rotatable bonds is 11. The van der Waals surface area contributed by atoms with Gasteiger partial charge in [0.15, 0.2) is 0 Å². The van der Waals surface area contributed by atoms with E-state index in [0.29, 0.717) is 17.5 Å². The molecular formula is C29H35N5O5. The minimum absolute atomic E-state index is 0.0228. The molecule has 0 spiro atoms. The number of carboxylic acid groups (broad SMARTS) is 1. The van der Waals surface area contributed by atoms with Gasteiger partial charge >= 0.3 is 5.97 Å². The van der Waals surface area contributed by atoms with Gasteiger partial charge < -0.3 is 16.6 Å². The molecule has 206 valence electrons. The summed E-state index contributed by atoms with van der Waals surface area (Å²) in [7, 11) is 0. The second kappa shape index (κ2) is 11.0. The first-order valence-corrected chi connectivity index (χ1v) is 13.1. The maximum atomic E-state index is 14.0. The lowest BCUT2D eigenvalue weighted by Crippen LogP contribution is -2.58. The van der Waals surface area contributed by atoms with E-state index in [4.69, 9.17) is 16.9 Å². The second-order valence-corrected chi connectivity index (χ2v) is 10.8. The van der Waals surface area contributed by atoms with E-state index in [1.807, 2.05) is 44.2 Å². The molecule has 6 N–H and O–H groups in total. The van der Waals surface area contributed by atoms with Crippen LogP contribution in [-0.2, 0) is 25.6 Å². The Hall–Kier alpha value is -4.05. The van der Waals surface area contributed by atoms with Crippen molar-refractivity contribution in [1.82, 2.24) is 9.80 Å². The van der Waals surface area contributed by atoms with Crippen LogP contribution in [0.2, 0.25) is 0 Å². The fourth-order valence-electron chi connectivity index (χ4n) is 6.32. The number of nitrogens with zero attached hydrogens (tertiary/aromatic N) is 2. The fourth-order valence-corrected chi connectivity index (χ4v) is 6.32. The van der Waals surface area contributed by atoms with Crippen LogP contribution in [-0.4, -0.2) is 63.1 Å². The maximum Gasteiger partial charge on any atom is 0.325 e. The number of nitrogen functional groups attached to an aromatic ring is 1. The molecule has 2 aliphatic heterocycles. The smallest absolute Gasteiger partial charge is 0.325 e. The molecule has 2 saturated heterocycles. The summed E-state index contributed by atoms with van der Waals surface area (Å²) in [6, 6.07) is 15.4. The molecule has 39 heavy (non-hydrogen) atoms. The number of aliphatic carboxylic acids is 1. The minimum atomic E-state index is -1.72. The SMILES string of the molecule is CC(C)CC1(C(=O)O)C2C(=O)N(CCc3ccccc3)C(=O)C2C(c2ccc(C(=N)N)cc2)N1CCC(N)=O. The molecule has 2 aromatic carbocycles. The van der Waals surface area contributed by atoms with Crippen LogP contribution in [0.1, 0.15) is 49.4 Å². The summed E-state index contributed by atoms with van der Waals surface area (Å²) in [6.45, 7) is 3.86. The van der Waals surface area contributed by atoms with Crippen molar-refractivity contribution in [1.29, 1.82) is 5.41 Å². The van der Waals surface area contributed by atoms with Crippen molar-refractivity contribution < 1.29 is 24.3 Å². The zero-order valence-electron chi connectivity index (χ0n) is 22.2. The molecule has 0 aliphatic carbocycles. The first-order chi connectivity index (χ1) is 18.5. The highest BCUT2D eigenvalue weighted by Crippen LogP contribution is 2.57. The third kappa shape index (κ3) is 5.04. The predicted molar refractivity (Wildman–Crippen MR) is 144 cm³/mol. The van der Waals surface area contributed by atoms with Crippen molar-refractivity contribution >= 4 is 29.5 Å². The van der Waals surface area contributed by atoms with Crippen LogP contribution < -0.4 is 11.5 Å². The summed E-state index contributed by atoms with van der Waals surface area (Å²) >= 11 is 0. The fraction of sp³-hybridized carbons (Fsp3) is 0.414. The van der Waals surface area contributed by atoms with E-state index in [1.165, 1.54) is 4.90 Å². The van der Waals surface area contributed by atoms with Gasteiger partial charge in [0.2, 0.25) is 17.7 Å². The molecule has 2 fully saturated rings. The predicted octanol–water partition coefficient (Wildman–Crippen LogP) is 1.92. The number of nitrogens with two attached hydrogens (primary N) is 2. The lowest BCUT2D eigenvalue weighted by atomic mass is 9.75. The first-order valence-electron chi connectivity index (χ1n) is 13.1. The van der Waals surface area contributed by atoms with Crippen LogP contribution in [0.4, 0.5) is 0 Å². The molecule has 0 saturated carbocycles. The van der Waals surface area contributed by atoms with E-state index in [1.54, 1.807) is 29.2 Å². The second-order valence-electron chi connectivity index (χ2n) is 10.8. The van der Waals surface area contributed by atoms with Gasteiger partial charge in [-0.05, 0) is 29.9 Å². The van der Waals surface area contributed by atoms with E-state index < -0.39 is 47.1 Å². The van der Waals surface area contributed by atoms with Crippen molar-refractivity contribution in [3.63, 3.8) is 0 Å². The number of hydrogen-bond donors (Lipinski definition) is 4. The van der Waals surface area contributed by atoms with Crippen molar-refractivity contribution in [2.45, 2.75) is 44.7 Å². The van der Waals surface area contributed by atoms with Gasteiger partial charge in [-0.3, -0.25) is 34.4 Å². The first kappa shape index (κ1) is 28.0. The summed E-state index contributed by atoms with van der Waals surface area (Å²) in [5.41, 5.74) is 11.4. The van der Waals surface area contributed by atoms with Gasteiger partial charge in [0.1, 0.15) is 11.4 Å². The topological polar surface area (TPSA) is 171 Å². The van der Waals surface area contributed by atoms with E-state index in [-0.39, 0.29) is 37.7 Å². The van der Waals surface area contributed by atoms with E-state index in [2.05, 4.69) is 0 Å². The summed E-state index contributed by atoms with van der Waals surface area (Å²) in [4.78, 5) is 55.9. The average Bonchev–Trinajstić information content (AvgIpc) is 3.31. The number of primary amides is 1. The molecule has 4 rings (SSSR count). The Labute approximate surface area is 227 Å². The van der Waals surface area contributed by atoms with Gasteiger partial charge in [0.05, 0.1) is 11.8 Å². The third-order valence-corrected chi connectivity index (χ3v) is 7.86. The molecule has 2 aliphatic rings. The highest BCUT2D eigenvalue weighted by molar-refractivity contribution is 6.09. The number of carbonyl (C=O) groups excluding carboxylic acids is 3. The Morgan fingerprint density at radius 2 is 1.64 bits per heavy atom. The quantitative estimate of drug-likeness (QED) is 0.194. The van der Waals surface area contributed by atoms with Crippen molar-refractivity contribution in [3.8, 4) is 0 Å². The zero-order valence-corrected chi connectivity index (χ0v) is 22.2. The largest absolute Gasteiger partial charge is 0.480 e. The molecule has 0 bridgehead atoms. The lowest BCUT2D eigenvalue weighted by Gasteiger charge is -2.41. The molecule has 0 radical (unpaired) electrons. The number of hydrogen-bond acceptors (Lipinski definition) is 6. The highest BCUT2D eigenvalue weighted by atomic mass is 16.4. The zero-order chi connectivity index (χ0) is 28.5. The van der Waals surface area contributed by atoms with Crippen molar-refractivity contribution in [2.75, 3.05) is 13.1 Å². The summed E-state index contributed by atoms with van der Waals surface area (Å²) in [5.74, 6) is -5.08. The molecule has 4 atom stereocenters. The minimum Gasteiger partial charge on any atom is -0.480 e. The summed E-state index contributed by atoms with van der Waals surface area (Å²) < 4.78 is 0. The Balaban J connectivity index is 1.84. The van der Waals surface area contributed by atoms with E-state index in [0.717, 1.165) is 5.56 Å². The summed E-state index contributed by atoms with van der Waals surface area (Å²) in [5, 5.41) is 18.5. The number of amides is 3. The van der Waals surface area contributed by atoms with Crippen LogP contribution in [0, 0.1) is 23.2 Å². The normalized spacial score (nSPS) is 24.8. The molecule has 2 aromatic rings. The van der Waals surface area contributed by atoms with Gasteiger partial charge in [-0.15, -0.1) is 0 Å². The Morgan fingerprint density at radius 3 is 2.18 bits per heavy atom. The molecule has 3 amide bonds. The molecule has 10 heteroatoms. The van der Waals surface area contributed by atoms with E-state index >= 15 is 0 Å². The van der Waals surface area contributed by atoms with Crippen LogP contribution in [0.25, 0.3) is 0 Å². The van der Waals surface area contributed by atoms with Gasteiger partial charge in [-0.25, -0.2) is 0 Å². The number of benzene rings is 2. The molecule has 2 heterocycles. The number of carbonyl (C=O) groups is 4. The highest BCUT2D eigenvalue weighted by Gasteiger charge is 2.71. The number of likely N-dealkylation sites (tertiary alicyclic amines) is 2. The Bertz CT molecular complexity index is 1280. The average molecular weight is 534 g/mol. The number of imide groups is 1. The van der Waals surface area contributed by atoms with Crippen LogP contribution >= 0.6 is 0 Å². The van der Waals surface area contributed by atoms with Gasteiger partial charge in [0, 0.05) is 31.1 Å². The maximum absolute atomic E-state index is 14.0. The van der Waals surface area contributed by atoms with Gasteiger partial charge in [0.25, 0.3) is 0 Å². The number of carboxylic acids is 1. The van der Waals surface area contributed by atoms with Gasteiger partial charge in [-0.1, -0.05) is 68.4 Å². The number of amidine groups is 1. The van der Waals surface area contributed by atoms with Gasteiger partial charge in [-0.2, -0.15) is 0 Å². The monoisotopic (exact) mass is 533 g/mol. The molecule has 0 aromatic heterocycles. The van der Waals surface area contributed by atoms with Crippen LogP contribution in [0.15, 0.2) is 54.6 Å². The number of nitrogens with one attached hydrogen (secondary N) is 1. The molecule has 4 unspecified atom stereocenters. The van der Waals surface area contributed by atoms with Crippen molar-refractivity contribution in [2.24, 2.45) is 29.2 Å². The number of fused-ring (bicyclic) bond motifs is 1. The molecular weight excluding hydrogens is 498 g/mol. The van der Waals surface area contributed by atoms with Crippen LogP contribution in [0.3, 0.4) is 0 Å². The summed E-state index contributed by atoms with van der Waals surface area (Å²) in [6.07, 6.45) is 0.426. The lowest BCUT2D eigenvalue weighted by molar-refractivity contribution is -0.160. The molecule has 10 nitrogen and oxygen atoms in total. The Morgan fingerprint density at radius 1 is 1.00 bits per heavy atom. The van der Waals surface area contributed by atoms with Crippen LogP contribution in [0.5, 0.6) is 0 Å². The van der Waals surface area contributed by atoms with E-state index in [9.17, 15) is 24.3 Å². The van der Waals surface area contributed by atoms with Crippen molar-refractivity contribution in [3.05, 3.63) is 71.3 Å². The Kier molecular flexibility index (Phi) is 7.87.